The molecule has 0 radical (unpaired) electrons. The molecule has 1 aliphatic heterocycles. The molecule has 1 N–H and O–H groups in total. The molecule has 1 unspecified atom stereocenters. The van der Waals surface area contributed by atoms with Gasteiger partial charge in [-0.05, 0) is 44.2 Å². The van der Waals surface area contributed by atoms with Gasteiger partial charge in [0.05, 0.1) is 11.4 Å². The van der Waals surface area contributed by atoms with Crippen LogP contribution in [-0.2, 0) is 10.0 Å². The zero-order valence-electron chi connectivity index (χ0n) is 10.3. The third-order valence-electron chi connectivity index (χ3n) is 2.96. The molecule has 2 rings (SSSR count). The summed E-state index contributed by atoms with van der Waals surface area (Å²) in [4.78, 5) is 0. The number of nitrogens with one attached hydrogen (secondary N) is 1. The van der Waals surface area contributed by atoms with Crippen molar-refractivity contribution < 1.29 is 8.42 Å². The molecule has 4 nitrogen and oxygen atoms in total. The van der Waals surface area contributed by atoms with Crippen LogP contribution in [0.3, 0.4) is 0 Å². The van der Waals surface area contributed by atoms with Crippen LogP contribution in [0.1, 0.15) is 13.3 Å². The maximum absolute atomic E-state index is 12.3. The molecule has 6 heteroatoms. The lowest BCUT2D eigenvalue weighted by Crippen LogP contribution is -2.46. The third-order valence-corrected chi connectivity index (χ3v) is 5.33. The van der Waals surface area contributed by atoms with Crippen LogP contribution in [0.5, 0.6) is 0 Å². The first-order valence-corrected chi connectivity index (χ1v) is 8.38. The van der Waals surface area contributed by atoms with E-state index in [9.17, 15) is 8.42 Å². The second kappa shape index (κ2) is 5.59. The molecule has 1 aromatic rings. The lowest BCUT2D eigenvalue weighted by molar-refractivity contribution is 0.523. The molecule has 0 aliphatic carbocycles. The minimum absolute atomic E-state index is 0.156. The summed E-state index contributed by atoms with van der Waals surface area (Å²) in [5, 5.41) is 3.32. The molecule has 1 aromatic carbocycles. The lowest BCUT2D eigenvalue weighted by Gasteiger charge is -2.30. The van der Waals surface area contributed by atoms with E-state index < -0.39 is 10.0 Å². The molecule has 18 heavy (non-hydrogen) atoms. The molecular weight excluding hydrogens is 316 g/mol. The van der Waals surface area contributed by atoms with Gasteiger partial charge in [0.15, 0.2) is 0 Å². The van der Waals surface area contributed by atoms with E-state index in [4.69, 9.17) is 0 Å². The van der Waals surface area contributed by atoms with Crippen molar-refractivity contribution in [3.05, 3.63) is 28.7 Å². The smallest absolute Gasteiger partial charge is 0.235 e. The minimum atomic E-state index is -3.20. The van der Waals surface area contributed by atoms with E-state index in [0.717, 1.165) is 16.7 Å². The molecule has 1 heterocycles. The molecule has 0 bridgehead atoms. The number of anilines is 1. The highest BCUT2D eigenvalue weighted by atomic mass is 79.9. The van der Waals surface area contributed by atoms with Gasteiger partial charge >= 0.3 is 0 Å². The Labute approximate surface area is 117 Å². The molecule has 1 atom stereocenters. The van der Waals surface area contributed by atoms with E-state index in [1.807, 2.05) is 31.2 Å². The fraction of sp³-hybridized carbons (Fsp3) is 0.500. The van der Waals surface area contributed by atoms with Crippen molar-refractivity contribution >= 4 is 31.6 Å². The van der Waals surface area contributed by atoms with Gasteiger partial charge in [-0.15, -0.1) is 0 Å². The van der Waals surface area contributed by atoms with Crippen molar-refractivity contribution in [1.82, 2.24) is 5.32 Å². The van der Waals surface area contributed by atoms with Crippen LogP contribution in [0.25, 0.3) is 0 Å². The maximum Gasteiger partial charge on any atom is 0.235 e. The first-order chi connectivity index (χ1) is 8.49. The van der Waals surface area contributed by atoms with E-state index in [1.165, 1.54) is 4.31 Å². The zero-order valence-corrected chi connectivity index (χ0v) is 12.7. The van der Waals surface area contributed by atoms with Crippen LogP contribution >= 0.6 is 15.9 Å². The quantitative estimate of drug-likeness (QED) is 0.855. The molecular formula is C12H17BrN2O2S. The molecule has 0 amide bonds. The summed E-state index contributed by atoms with van der Waals surface area (Å²) in [6.07, 6.45) is 0.652. The number of benzene rings is 1. The topological polar surface area (TPSA) is 49.4 Å². The Morgan fingerprint density at radius 2 is 2.00 bits per heavy atom. The minimum Gasteiger partial charge on any atom is -0.312 e. The molecule has 1 saturated heterocycles. The number of hydrogen-bond donors (Lipinski definition) is 1. The lowest BCUT2D eigenvalue weighted by atomic mass is 10.2. The van der Waals surface area contributed by atoms with Gasteiger partial charge in [0.25, 0.3) is 0 Å². The fourth-order valence-corrected chi connectivity index (χ4v) is 3.90. The van der Waals surface area contributed by atoms with Crippen LogP contribution in [-0.4, -0.2) is 33.3 Å². The van der Waals surface area contributed by atoms with E-state index in [0.29, 0.717) is 13.0 Å². The highest BCUT2D eigenvalue weighted by molar-refractivity contribution is 9.10. The third kappa shape index (κ3) is 3.24. The number of rotatable bonds is 1. The van der Waals surface area contributed by atoms with Crippen LogP contribution in [0.2, 0.25) is 0 Å². The van der Waals surface area contributed by atoms with Gasteiger partial charge in [0, 0.05) is 17.1 Å². The first-order valence-electron chi connectivity index (χ1n) is 5.98. The molecule has 0 saturated carbocycles. The van der Waals surface area contributed by atoms with Gasteiger partial charge in [-0.25, -0.2) is 8.42 Å². The Bertz CT molecular complexity index is 501. The Kier molecular flexibility index (Phi) is 4.29. The molecule has 1 fully saturated rings. The second-order valence-corrected chi connectivity index (χ2v) is 7.46. The van der Waals surface area contributed by atoms with Gasteiger partial charge in [0.1, 0.15) is 0 Å². The number of nitrogens with zero attached hydrogens (tertiary/aromatic N) is 1. The predicted octanol–water partition coefficient (Wildman–Crippen LogP) is 1.97. The fourth-order valence-electron chi connectivity index (χ4n) is 2.01. The van der Waals surface area contributed by atoms with Crippen molar-refractivity contribution in [2.75, 3.05) is 23.1 Å². The maximum atomic E-state index is 12.3. The number of halogens is 1. The zero-order chi connectivity index (χ0) is 13.2. The monoisotopic (exact) mass is 332 g/mol. The van der Waals surface area contributed by atoms with E-state index in [1.54, 1.807) is 0 Å². The summed E-state index contributed by atoms with van der Waals surface area (Å²) in [7, 11) is -3.20. The van der Waals surface area contributed by atoms with Gasteiger partial charge in [0.2, 0.25) is 10.0 Å². The van der Waals surface area contributed by atoms with Gasteiger partial charge in [-0.2, -0.15) is 0 Å². The molecule has 1 aliphatic rings. The Balaban J connectivity index is 2.33. The summed E-state index contributed by atoms with van der Waals surface area (Å²) in [6, 6.07) is 7.54. The van der Waals surface area contributed by atoms with Gasteiger partial charge in [-0.1, -0.05) is 15.9 Å². The average Bonchev–Trinajstić information content (AvgIpc) is 2.31. The summed E-state index contributed by atoms with van der Waals surface area (Å²) >= 11 is 3.36. The SMILES string of the molecule is CC1CN(c2ccc(Br)cc2)S(=O)(=O)CCCN1. The van der Waals surface area contributed by atoms with Gasteiger partial charge in [-0.3, -0.25) is 4.31 Å². The number of hydrogen-bond acceptors (Lipinski definition) is 3. The van der Waals surface area contributed by atoms with Crippen LogP contribution < -0.4 is 9.62 Å². The summed E-state index contributed by atoms with van der Waals surface area (Å²) in [5.74, 6) is 0.197. The van der Waals surface area contributed by atoms with Crippen LogP contribution in [0.15, 0.2) is 28.7 Å². The normalized spacial score (nSPS) is 24.3. The second-order valence-electron chi connectivity index (χ2n) is 4.53. The van der Waals surface area contributed by atoms with Crippen molar-refractivity contribution in [2.45, 2.75) is 19.4 Å². The molecule has 100 valence electrons. The predicted molar refractivity (Wildman–Crippen MR) is 77.4 cm³/mol. The summed E-state index contributed by atoms with van der Waals surface area (Å²) in [6.45, 7) is 3.24. The van der Waals surface area contributed by atoms with Crippen LogP contribution in [0, 0.1) is 0 Å². The van der Waals surface area contributed by atoms with E-state index >= 15 is 0 Å². The summed E-state index contributed by atoms with van der Waals surface area (Å²) < 4.78 is 27.0. The summed E-state index contributed by atoms with van der Waals surface area (Å²) in [5.41, 5.74) is 0.730. The van der Waals surface area contributed by atoms with E-state index in [-0.39, 0.29) is 11.8 Å². The van der Waals surface area contributed by atoms with Crippen LogP contribution in [0.4, 0.5) is 5.69 Å². The van der Waals surface area contributed by atoms with Crippen molar-refractivity contribution in [3.63, 3.8) is 0 Å². The first kappa shape index (κ1) is 13.8. The van der Waals surface area contributed by atoms with E-state index in [2.05, 4.69) is 21.2 Å². The largest absolute Gasteiger partial charge is 0.312 e. The van der Waals surface area contributed by atoms with Crippen molar-refractivity contribution in [3.8, 4) is 0 Å². The average molecular weight is 333 g/mol. The van der Waals surface area contributed by atoms with Crippen molar-refractivity contribution in [2.24, 2.45) is 0 Å². The van der Waals surface area contributed by atoms with Gasteiger partial charge < -0.3 is 5.32 Å². The molecule has 0 aromatic heterocycles. The number of sulfonamides is 1. The standard InChI is InChI=1S/C12H17BrN2O2S/c1-10-9-15(12-5-3-11(13)4-6-12)18(16,17)8-2-7-14-10/h3-6,10,14H,2,7-9H2,1H3. The Morgan fingerprint density at radius 1 is 1.33 bits per heavy atom. The Hall–Kier alpha value is -0.590. The van der Waals surface area contributed by atoms with Crippen molar-refractivity contribution in [1.29, 1.82) is 0 Å². The highest BCUT2D eigenvalue weighted by Crippen LogP contribution is 2.22. The molecule has 0 spiro atoms. The highest BCUT2D eigenvalue weighted by Gasteiger charge is 2.25. The Morgan fingerprint density at radius 3 is 2.67 bits per heavy atom.